The molecule has 2 aromatic carbocycles. The first-order valence-corrected chi connectivity index (χ1v) is 12.7. The second-order valence-electron chi connectivity index (χ2n) is 9.60. The second kappa shape index (κ2) is 12.0. The molecule has 0 amide bonds. The van der Waals surface area contributed by atoms with Crippen molar-refractivity contribution >= 4 is 16.9 Å². The fraction of sp³-hybridized carbons (Fsp3) is 0.393. The van der Waals surface area contributed by atoms with Gasteiger partial charge in [-0.3, -0.25) is 14.5 Å². The number of aromatic nitrogens is 5. The Balaban J connectivity index is 1.76. The first-order chi connectivity index (χ1) is 18.3. The number of ether oxygens (including phenoxy) is 2. The van der Waals surface area contributed by atoms with Crippen LogP contribution in [0.15, 0.2) is 53.3 Å². The number of pyridine rings is 1. The van der Waals surface area contributed by atoms with Crippen molar-refractivity contribution in [2.24, 2.45) is 5.92 Å². The van der Waals surface area contributed by atoms with Crippen LogP contribution in [0.5, 0.6) is 5.75 Å². The van der Waals surface area contributed by atoms with Gasteiger partial charge in [0.1, 0.15) is 12.3 Å². The van der Waals surface area contributed by atoms with Crippen LogP contribution in [-0.2, 0) is 29.2 Å². The number of fused-ring (bicyclic) bond motifs is 1. The third-order valence-corrected chi connectivity index (χ3v) is 6.52. The van der Waals surface area contributed by atoms with E-state index in [1.807, 2.05) is 55.5 Å². The van der Waals surface area contributed by atoms with Crippen molar-refractivity contribution in [3.8, 4) is 5.75 Å². The van der Waals surface area contributed by atoms with Crippen LogP contribution < -0.4 is 10.3 Å². The lowest BCUT2D eigenvalue weighted by Crippen LogP contribution is -2.35. The molecule has 0 aliphatic heterocycles. The van der Waals surface area contributed by atoms with E-state index in [0.29, 0.717) is 24.5 Å². The molecule has 2 heterocycles. The summed E-state index contributed by atoms with van der Waals surface area (Å²) in [4.78, 5) is 30.7. The number of H-pyrrole nitrogens is 1. The number of rotatable bonds is 11. The highest BCUT2D eigenvalue weighted by molar-refractivity contribution is 5.81. The molecule has 1 N–H and O–H groups in total. The molecule has 0 radical (unpaired) electrons. The summed E-state index contributed by atoms with van der Waals surface area (Å²) >= 11 is 0. The lowest BCUT2D eigenvalue weighted by Gasteiger charge is -2.33. The SMILES string of the molecule is CCOC(=O)Cn1nnnc1C(C(C)C)N(Cc1ccc(OC)cc1)Cc1cc2cccc(C)c2[nH]c1=O. The van der Waals surface area contributed by atoms with Crippen molar-refractivity contribution < 1.29 is 14.3 Å². The fourth-order valence-corrected chi connectivity index (χ4v) is 4.73. The Labute approximate surface area is 221 Å². The summed E-state index contributed by atoms with van der Waals surface area (Å²) in [5, 5.41) is 13.2. The van der Waals surface area contributed by atoms with E-state index < -0.39 is 5.97 Å². The van der Waals surface area contributed by atoms with Crippen molar-refractivity contribution in [2.75, 3.05) is 13.7 Å². The number of esters is 1. The quantitative estimate of drug-likeness (QED) is 0.298. The minimum atomic E-state index is -0.411. The van der Waals surface area contributed by atoms with Gasteiger partial charge in [-0.2, -0.15) is 0 Å². The number of carbonyl (C=O) groups is 1. The molecule has 0 aliphatic rings. The van der Waals surface area contributed by atoms with Gasteiger partial charge in [-0.15, -0.1) is 5.10 Å². The molecule has 1 unspecified atom stereocenters. The van der Waals surface area contributed by atoms with Crippen LogP contribution in [0.25, 0.3) is 10.9 Å². The zero-order chi connectivity index (χ0) is 27.2. The maximum atomic E-state index is 13.2. The van der Waals surface area contributed by atoms with Crippen LogP contribution in [0.1, 0.15) is 49.3 Å². The lowest BCUT2D eigenvalue weighted by molar-refractivity contribution is -0.144. The van der Waals surface area contributed by atoms with Gasteiger partial charge in [-0.05, 0) is 64.9 Å². The van der Waals surface area contributed by atoms with Gasteiger partial charge in [0.2, 0.25) is 0 Å². The zero-order valence-corrected chi connectivity index (χ0v) is 22.5. The standard InChI is InChI=1S/C28H34N6O4/c1-6-38-24(35)17-34-27(30-31-32-34)26(18(2)3)33(15-20-10-12-23(37-5)13-11-20)16-22-14-21-9-7-8-19(4)25(21)29-28(22)36/h7-14,18,26H,6,15-17H2,1-5H3,(H,29,36). The molecule has 2 aromatic heterocycles. The predicted octanol–water partition coefficient (Wildman–Crippen LogP) is 3.79. The van der Waals surface area contributed by atoms with E-state index in [1.54, 1.807) is 14.0 Å². The summed E-state index contributed by atoms with van der Waals surface area (Å²) in [5.41, 5.74) is 3.38. The van der Waals surface area contributed by atoms with Gasteiger partial charge in [0.05, 0.1) is 25.3 Å². The van der Waals surface area contributed by atoms with Gasteiger partial charge < -0.3 is 14.5 Å². The van der Waals surface area contributed by atoms with Gasteiger partial charge >= 0.3 is 5.97 Å². The molecular formula is C28H34N6O4. The average molecular weight is 519 g/mol. The second-order valence-corrected chi connectivity index (χ2v) is 9.60. The average Bonchev–Trinajstić information content (AvgIpc) is 3.32. The molecule has 4 rings (SSSR count). The number of nitrogens with zero attached hydrogens (tertiary/aromatic N) is 5. The number of nitrogens with one attached hydrogen (secondary N) is 1. The van der Waals surface area contributed by atoms with Crippen LogP contribution in [0.2, 0.25) is 0 Å². The summed E-state index contributed by atoms with van der Waals surface area (Å²) in [6.07, 6.45) is 0. The Morgan fingerprint density at radius 3 is 2.58 bits per heavy atom. The number of aryl methyl sites for hydroxylation is 1. The van der Waals surface area contributed by atoms with Crippen molar-refractivity contribution in [1.29, 1.82) is 0 Å². The Morgan fingerprint density at radius 2 is 1.89 bits per heavy atom. The summed E-state index contributed by atoms with van der Waals surface area (Å²) in [7, 11) is 1.63. The number of para-hydroxylation sites is 1. The molecule has 0 saturated carbocycles. The first kappa shape index (κ1) is 27.0. The van der Waals surface area contributed by atoms with Crippen LogP contribution >= 0.6 is 0 Å². The van der Waals surface area contributed by atoms with Gasteiger partial charge in [-0.25, -0.2) is 4.68 Å². The normalized spacial score (nSPS) is 12.3. The largest absolute Gasteiger partial charge is 0.497 e. The minimum absolute atomic E-state index is 0.0574. The van der Waals surface area contributed by atoms with E-state index in [0.717, 1.165) is 27.8 Å². The van der Waals surface area contributed by atoms with E-state index in [4.69, 9.17) is 9.47 Å². The number of benzene rings is 2. The van der Waals surface area contributed by atoms with Crippen LogP contribution in [0.4, 0.5) is 0 Å². The van der Waals surface area contributed by atoms with Crippen molar-refractivity contribution in [3.05, 3.63) is 81.4 Å². The molecule has 1 atom stereocenters. The van der Waals surface area contributed by atoms with Gasteiger partial charge in [0.15, 0.2) is 5.82 Å². The summed E-state index contributed by atoms with van der Waals surface area (Å²) in [6, 6.07) is 15.4. The molecule has 38 heavy (non-hydrogen) atoms. The van der Waals surface area contributed by atoms with E-state index >= 15 is 0 Å². The predicted molar refractivity (Wildman–Crippen MR) is 144 cm³/mol. The Bertz CT molecular complexity index is 1440. The van der Waals surface area contributed by atoms with Crippen molar-refractivity contribution in [2.45, 2.75) is 53.4 Å². The number of aromatic amines is 1. The van der Waals surface area contributed by atoms with Gasteiger partial charge in [0, 0.05) is 18.7 Å². The molecule has 4 aromatic rings. The highest BCUT2D eigenvalue weighted by Crippen LogP contribution is 2.30. The molecule has 0 saturated heterocycles. The number of tetrazole rings is 1. The van der Waals surface area contributed by atoms with Gasteiger partial charge in [-0.1, -0.05) is 44.2 Å². The number of hydrogen-bond donors (Lipinski definition) is 1. The van der Waals surface area contributed by atoms with Gasteiger partial charge in [0.25, 0.3) is 5.56 Å². The third-order valence-electron chi connectivity index (χ3n) is 6.52. The Morgan fingerprint density at radius 1 is 1.13 bits per heavy atom. The van der Waals surface area contributed by atoms with Crippen LogP contribution in [0.3, 0.4) is 0 Å². The Hall–Kier alpha value is -4.05. The first-order valence-electron chi connectivity index (χ1n) is 12.7. The third kappa shape index (κ3) is 6.08. The van der Waals surface area contributed by atoms with E-state index in [-0.39, 0.29) is 30.7 Å². The molecule has 0 spiro atoms. The molecule has 0 bridgehead atoms. The van der Waals surface area contributed by atoms with Crippen molar-refractivity contribution in [1.82, 2.24) is 30.1 Å². The highest BCUT2D eigenvalue weighted by atomic mass is 16.5. The molecular weight excluding hydrogens is 484 g/mol. The van der Waals surface area contributed by atoms with E-state index in [1.165, 1.54) is 4.68 Å². The molecule has 0 fully saturated rings. The maximum Gasteiger partial charge on any atom is 0.327 e. The van der Waals surface area contributed by atoms with Crippen molar-refractivity contribution in [3.63, 3.8) is 0 Å². The maximum absolute atomic E-state index is 13.2. The fourth-order valence-electron chi connectivity index (χ4n) is 4.73. The molecule has 10 nitrogen and oxygen atoms in total. The zero-order valence-electron chi connectivity index (χ0n) is 22.5. The molecule has 200 valence electrons. The smallest absolute Gasteiger partial charge is 0.327 e. The Kier molecular flexibility index (Phi) is 8.52. The van der Waals surface area contributed by atoms with E-state index in [9.17, 15) is 9.59 Å². The summed E-state index contributed by atoms with van der Waals surface area (Å²) in [5.74, 6) is 0.948. The molecule has 0 aliphatic carbocycles. The monoisotopic (exact) mass is 518 g/mol. The summed E-state index contributed by atoms with van der Waals surface area (Å²) < 4.78 is 11.9. The van der Waals surface area contributed by atoms with Crippen LogP contribution in [-0.4, -0.2) is 49.8 Å². The number of methoxy groups -OCH3 is 1. The van der Waals surface area contributed by atoms with E-state index in [2.05, 4.69) is 39.3 Å². The number of carbonyl (C=O) groups excluding carboxylic acids is 1. The highest BCUT2D eigenvalue weighted by Gasteiger charge is 2.30. The summed E-state index contributed by atoms with van der Waals surface area (Å²) in [6.45, 7) is 8.93. The number of hydrogen-bond acceptors (Lipinski definition) is 8. The molecule has 10 heteroatoms. The van der Waals surface area contributed by atoms with Crippen LogP contribution in [0, 0.1) is 12.8 Å². The minimum Gasteiger partial charge on any atom is -0.497 e. The topological polar surface area (TPSA) is 115 Å². The lowest BCUT2D eigenvalue weighted by atomic mass is 9.99.